The van der Waals surface area contributed by atoms with Gasteiger partial charge in [-0.3, -0.25) is 14.3 Å². The Morgan fingerprint density at radius 2 is 1.92 bits per heavy atom. The maximum Gasteiger partial charge on any atom is 0.250 e. The first kappa shape index (κ1) is 25.3. The number of hydrogen-bond donors (Lipinski definition) is 1. The van der Waals surface area contributed by atoms with Crippen LogP contribution in [0.5, 0.6) is 5.75 Å². The van der Waals surface area contributed by atoms with Crippen LogP contribution in [0.3, 0.4) is 0 Å². The van der Waals surface area contributed by atoms with Gasteiger partial charge in [-0.2, -0.15) is 5.10 Å². The number of thioether (sulfide) groups is 1. The Labute approximate surface area is 221 Å². The molecule has 2 aromatic heterocycles. The van der Waals surface area contributed by atoms with E-state index in [1.165, 1.54) is 11.8 Å². The molecule has 0 unspecified atom stereocenters. The molecule has 8 nitrogen and oxygen atoms in total. The second kappa shape index (κ2) is 12.8. The van der Waals surface area contributed by atoms with Crippen molar-refractivity contribution >= 4 is 45.9 Å². The summed E-state index contributed by atoms with van der Waals surface area (Å²) < 4.78 is 8.19. The highest BCUT2D eigenvalue weighted by molar-refractivity contribution is 9.12. The number of ether oxygens (including phenoxy) is 1. The van der Waals surface area contributed by atoms with Crippen LogP contribution in [-0.4, -0.2) is 44.2 Å². The summed E-state index contributed by atoms with van der Waals surface area (Å²) in [6.45, 7) is 2.53. The molecule has 0 aliphatic carbocycles. The van der Waals surface area contributed by atoms with Gasteiger partial charge in [0.15, 0.2) is 11.0 Å². The van der Waals surface area contributed by atoms with Crippen LogP contribution in [0.15, 0.2) is 93.9 Å². The van der Waals surface area contributed by atoms with Crippen LogP contribution in [0.2, 0.25) is 0 Å². The van der Waals surface area contributed by atoms with Crippen molar-refractivity contribution in [2.24, 2.45) is 5.10 Å². The zero-order chi connectivity index (χ0) is 25.2. The summed E-state index contributed by atoms with van der Waals surface area (Å²) in [5, 5.41) is 13.3. The van der Waals surface area contributed by atoms with Gasteiger partial charge in [-0.15, -0.1) is 10.2 Å². The first-order valence-corrected chi connectivity index (χ1v) is 12.9. The van der Waals surface area contributed by atoms with Gasteiger partial charge in [-0.25, -0.2) is 5.43 Å². The van der Waals surface area contributed by atoms with Crippen molar-refractivity contribution in [2.75, 3.05) is 12.4 Å². The van der Waals surface area contributed by atoms with Gasteiger partial charge in [-0.1, -0.05) is 42.1 Å². The molecule has 1 N–H and O–H groups in total. The number of nitrogens with zero attached hydrogens (tertiary/aromatic N) is 5. The first-order chi connectivity index (χ1) is 17.6. The first-order valence-electron chi connectivity index (χ1n) is 11.1. The quantitative estimate of drug-likeness (QED) is 0.159. The van der Waals surface area contributed by atoms with Crippen LogP contribution in [0.1, 0.15) is 12.5 Å². The van der Waals surface area contributed by atoms with Gasteiger partial charge in [-0.05, 0) is 70.9 Å². The van der Waals surface area contributed by atoms with E-state index in [4.69, 9.17) is 4.74 Å². The zero-order valence-electron chi connectivity index (χ0n) is 19.4. The monoisotopic (exact) mass is 562 g/mol. The third kappa shape index (κ3) is 6.89. The van der Waals surface area contributed by atoms with Crippen LogP contribution in [0, 0.1) is 0 Å². The molecule has 0 spiro atoms. The number of carbonyl (C=O) groups excluding carboxylic acids is 1. The molecule has 0 bridgehead atoms. The fraction of sp³-hybridized carbons (Fsp3) is 0.115. The molecule has 0 fully saturated rings. The summed E-state index contributed by atoms with van der Waals surface area (Å²) in [4.78, 5) is 16.6. The molecule has 0 saturated carbocycles. The summed E-state index contributed by atoms with van der Waals surface area (Å²) in [5.41, 5.74) is 5.23. The fourth-order valence-corrected chi connectivity index (χ4v) is 4.32. The van der Waals surface area contributed by atoms with Gasteiger partial charge in [0.1, 0.15) is 5.75 Å². The molecule has 0 radical (unpaired) electrons. The molecule has 4 rings (SSSR count). The highest BCUT2D eigenvalue weighted by Crippen LogP contribution is 2.28. The second-order valence-electron chi connectivity index (χ2n) is 7.33. The Morgan fingerprint density at radius 3 is 2.64 bits per heavy atom. The van der Waals surface area contributed by atoms with E-state index in [0.717, 1.165) is 27.0 Å². The number of carbonyl (C=O) groups is 1. The number of amides is 1. The Bertz CT molecular complexity index is 1340. The van der Waals surface area contributed by atoms with Crippen molar-refractivity contribution in [3.05, 3.63) is 89.2 Å². The standard InChI is InChI=1S/C26H23BrN6O2S/c1-2-35-23-12-10-22(11-13-23)33-25(20-9-6-14-28-16-20)31-32-26(33)36-18-24(34)30-29-17-21(27)15-19-7-4-3-5-8-19/h3-17H,2,18H2,1H3,(H,30,34). The van der Waals surface area contributed by atoms with E-state index < -0.39 is 0 Å². The van der Waals surface area contributed by atoms with Gasteiger partial charge in [0, 0.05) is 28.1 Å². The summed E-state index contributed by atoms with van der Waals surface area (Å²) in [7, 11) is 0. The number of halogens is 1. The summed E-state index contributed by atoms with van der Waals surface area (Å²) >= 11 is 4.70. The fourth-order valence-electron chi connectivity index (χ4n) is 3.21. The molecule has 4 aromatic rings. The van der Waals surface area contributed by atoms with Crippen molar-refractivity contribution in [3.8, 4) is 22.8 Å². The predicted molar refractivity (Wildman–Crippen MR) is 146 cm³/mol. The number of allylic oxidation sites excluding steroid dienone is 1. The number of pyridine rings is 1. The van der Waals surface area contributed by atoms with Crippen molar-refractivity contribution < 1.29 is 9.53 Å². The Hall–Kier alpha value is -3.76. The molecular formula is C26H23BrN6O2S. The summed E-state index contributed by atoms with van der Waals surface area (Å²) in [6, 6.07) is 21.2. The number of benzene rings is 2. The molecule has 2 heterocycles. The Kier molecular flexibility index (Phi) is 9.01. The average Bonchev–Trinajstić information content (AvgIpc) is 3.33. The second-order valence-corrected chi connectivity index (χ2v) is 9.19. The minimum atomic E-state index is -0.263. The lowest BCUT2D eigenvalue weighted by Crippen LogP contribution is -2.19. The minimum Gasteiger partial charge on any atom is -0.494 e. The lowest BCUT2D eigenvalue weighted by atomic mass is 10.2. The van der Waals surface area contributed by atoms with Gasteiger partial charge < -0.3 is 4.74 Å². The zero-order valence-corrected chi connectivity index (χ0v) is 21.8. The van der Waals surface area contributed by atoms with E-state index in [-0.39, 0.29) is 11.7 Å². The number of nitrogens with one attached hydrogen (secondary N) is 1. The largest absolute Gasteiger partial charge is 0.494 e. The van der Waals surface area contributed by atoms with Gasteiger partial charge in [0.25, 0.3) is 5.91 Å². The molecule has 2 aromatic carbocycles. The SMILES string of the molecule is CCOc1ccc(-n2c(SCC(=O)NN=CC(Br)=Cc3ccccc3)nnc2-c2cccnc2)cc1. The van der Waals surface area contributed by atoms with Crippen molar-refractivity contribution in [2.45, 2.75) is 12.1 Å². The molecule has 10 heteroatoms. The average molecular weight is 563 g/mol. The van der Waals surface area contributed by atoms with Crippen LogP contribution >= 0.6 is 27.7 Å². The number of aromatic nitrogens is 4. The maximum atomic E-state index is 12.4. The van der Waals surface area contributed by atoms with E-state index in [1.807, 2.05) is 84.3 Å². The van der Waals surface area contributed by atoms with Gasteiger partial charge in [0.2, 0.25) is 0 Å². The molecule has 182 valence electrons. The highest BCUT2D eigenvalue weighted by Gasteiger charge is 2.17. The maximum absolute atomic E-state index is 12.4. The molecule has 0 aliphatic heterocycles. The lowest BCUT2D eigenvalue weighted by Gasteiger charge is -2.11. The molecule has 0 saturated heterocycles. The minimum absolute atomic E-state index is 0.111. The lowest BCUT2D eigenvalue weighted by molar-refractivity contribution is -0.118. The normalized spacial score (nSPS) is 11.6. The van der Waals surface area contributed by atoms with Crippen LogP contribution in [0.4, 0.5) is 0 Å². The topological polar surface area (TPSA) is 94.3 Å². The van der Waals surface area contributed by atoms with E-state index in [1.54, 1.807) is 18.6 Å². The smallest absolute Gasteiger partial charge is 0.250 e. The predicted octanol–water partition coefficient (Wildman–Crippen LogP) is 5.36. The molecule has 0 aliphatic rings. The summed E-state index contributed by atoms with van der Waals surface area (Å²) in [6.07, 6.45) is 6.88. The van der Waals surface area contributed by atoms with E-state index in [9.17, 15) is 4.79 Å². The van der Waals surface area contributed by atoms with E-state index >= 15 is 0 Å². The van der Waals surface area contributed by atoms with Crippen molar-refractivity contribution in [3.63, 3.8) is 0 Å². The third-order valence-electron chi connectivity index (χ3n) is 4.77. The van der Waals surface area contributed by atoms with E-state index in [0.29, 0.717) is 17.6 Å². The molecule has 1 amide bonds. The Balaban J connectivity index is 1.46. The van der Waals surface area contributed by atoms with Gasteiger partial charge in [0.05, 0.1) is 18.6 Å². The van der Waals surface area contributed by atoms with Crippen LogP contribution < -0.4 is 10.2 Å². The third-order valence-corrected chi connectivity index (χ3v) is 6.14. The molecular weight excluding hydrogens is 540 g/mol. The Morgan fingerprint density at radius 1 is 1.11 bits per heavy atom. The number of rotatable bonds is 10. The number of hydrogen-bond acceptors (Lipinski definition) is 7. The highest BCUT2D eigenvalue weighted by atomic mass is 79.9. The van der Waals surface area contributed by atoms with Crippen molar-refractivity contribution in [1.82, 2.24) is 25.2 Å². The van der Waals surface area contributed by atoms with Crippen LogP contribution in [0.25, 0.3) is 23.2 Å². The number of hydrazone groups is 1. The van der Waals surface area contributed by atoms with Crippen molar-refractivity contribution in [1.29, 1.82) is 0 Å². The summed E-state index contributed by atoms with van der Waals surface area (Å²) in [5.74, 6) is 1.25. The van der Waals surface area contributed by atoms with E-state index in [2.05, 4.69) is 41.6 Å². The molecule has 36 heavy (non-hydrogen) atoms. The molecule has 0 atom stereocenters. The van der Waals surface area contributed by atoms with Gasteiger partial charge >= 0.3 is 0 Å². The van der Waals surface area contributed by atoms with Crippen LogP contribution in [-0.2, 0) is 4.79 Å².